The lowest BCUT2D eigenvalue weighted by molar-refractivity contribution is -0.133. The van der Waals surface area contributed by atoms with Crippen LogP contribution in [0.3, 0.4) is 0 Å². The van der Waals surface area contributed by atoms with E-state index in [1.54, 1.807) is 0 Å². The first-order chi connectivity index (χ1) is 16.3. The van der Waals surface area contributed by atoms with E-state index >= 15 is 0 Å². The smallest absolute Gasteiger partial charge is 0.274 e. The van der Waals surface area contributed by atoms with Gasteiger partial charge in [-0.15, -0.1) is 0 Å². The maximum absolute atomic E-state index is 13.4. The topological polar surface area (TPSA) is 67.7 Å². The molecule has 2 saturated heterocycles. The van der Waals surface area contributed by atoms with Crippen LogP contribution in [0.25, 0.3) is 0 Å². The van der Waals surface area contributed by atoms with Crippen LogP contribution in [0.15, 0.2) is 30.3 Å². The molecule has 7 nitrogen and oxygen atoms in total. The zero-order chi connectivity index (χ0) is 23.9. The van der Waals surface area contributed by atoms with E-state index in [1.165, 1.54) is 5.56 Å². The lowest BCUT2D eigenvalue weighted by atomic mass is 9.74. The number of ether oxygens (including phenoxy) is 1. The van der Waals surface area contributed by atoms with Gasteiger partial charge < -0.3 is 14.5 Å². The van der Waals surface area contributed by atoms with Crippen molar-refractivity contribution in [2.24, 2.45) is 0 Å². The molecule has 7 heteroatoms. The van der Waals surface area contributed by atoms with E-state index in [1.807, 2.05) is 34.4 Å². The summed E-state index contributed by atoms with van der Waals surface area (Å²) < 4.78 is 7.61. The number of piperidine rings is 1. The van der Waals surface area contributed by atoms with Crippen LogP contribution in [0.2, 0.25) is 0 Å². The lowest BCUT2D eigenvalue weighted by Crippen LogP contribution is -2.48. The van der Waals surface area contributed by atoms with Crippen molar-refractivity contribution in [3.05, 3.63) is 52.8 Å². The number of aromatic nitrogens is 2. The van der Waals surface area contributed by atoms with Crippen LogP contribution in [0.5, 0.6) is 0 Å². The Kier molecular flexibility index (Phi) is 6.23. The summed E-state index contributed by atoms with van der Waals surface area (Å²) in [6.07, 6.45) is 4.70. The van der Waals surface area contributed by atoms with Crippen molar-refractivity contribution < 1.29 is 14.3 Å². The molecule has 2 amide bonds. The normalized spacial score (nSPS) is 24.2. The van der Waals surface area contributed by atoms with E-state index in [-0.39, 0.29) is 36.0 Å². The molecule has 0 unspecified atom stereocenters. The number of carbonyl (C=O) groups excluding carboxylic acids is 2. The molecule has 5 rings (SSSR count). The van der Waals surface area contributed by atoms with E-state index in [4.69, 9.17) is 9.84 Å². The fraction of sp³-hybridized carbons (Fsp3) is 0.593. The van der Waals surface area contributed by atoms with E-state index in [9.17, 15) is 9.59 Å². The molecule has 182 valence electrons. The maximum atomic E-state index is 13.4. The minimum Gasteiger partial charge on any atom is -0.372 e. The highest BCUT2D eigenvalue weighted by Crippen LogP contribution is 2.35. The Balaban J connectivity index is 1.27. The zero-order valence-electron chi connectivity index (χ0n) is 20.6. The number of hydrogen-bond acceptors (Lipinski definition) is 4. The van der Waals surface area contributed by atoms with Gasteiger partial charge in [-0.05, 0) is 56.9 Å². The van der Waals surface area contributed by atoms with E-state index < -0.39 is 0 Å². The lowest BCUT2D eigenvalue weighted by Gasteiger charge is -2.40. The van der Waals surface area contributed by atoms with Crippen molar-refractivity contribution in [2.75, 3.05) is 26.2 Å². The summed E-state index contributed by atoms with van der Waals surface area (Å²) in [5, 5.41) is 4.71. The van der Waals surface area contributed by atoms with E-state index in [0.717, 1.165) is 56.5 Å². The van der Waals surface area contributed by atoms with Gasteiger partial charge in [-0.25, -0.2) is 0 Å². The molecule has 1 aromatic heterocycles. The Morgan fingerprint density at radius 2 is 1.71 bits per heavy atom. The maximum Gasteiger partial charge on any atom is 0.274 e. The Morgan fingerprint density at radius 1 is 1.03 bits per heavy atom. The molecule has 2 fully saturated rings. The van der Waals surface area contributed by atoms with Crippen molar-refractivity contribution in [2.45, 2.75) is 77.0 Å². The molecule has 34 heavy (non-hydrogen) atoms. The van der Waals surface area contributed by atoms with E-state index in [0.29, 0.717) is 18.8 Å². The number of hydrogen-bond donors (Lipinski definition) is 0. The number of amides is 2. The molecule has 3 aliphatic rings. The number of morpholine rings is 1. The molecular weight excluding hydrogens is 428 g/mol. The Morgan fingerprint density at radius 3 is 2.38 bits per heavy atom. The van der Waals surface area contributed by atoms with Crippen LogP contribution in [0.4, 0.5) is 0 Å². The second-order valence-electron chi connectivity index (χ2n) is 10.6. The van der Waals surface area contributed by atoms with Gasteiger partial charge in [0.15, 0.2) is 5.69 Å². The van der Waals surface area contributed by atoms with Crippen LogP contribution in [-0.4, -0.2) is 69.8 Å². The van der Waals surface area contributed by atoms with Gasteiger partial charge in [0.05, 0.1) is 12.2 Å². The Labute approximate surface area is 202 Å². The number of likely N-dealkylation sites (tertiary alicyclic amines) is 1. The average Bonchev–Trinajstić information content (AvgIpc) is 3.43. The minimum absolute atomic E-state index is 0.0186. The number of benzene rings is 1. The first-order valence-corrected chi connectivity index (χ1v) is 12.7. The van der Waals surface area contributed by atoms with Crippen molar-refractivity contribution in [3.63, 3.8) is 0 Å². The second-order valence-corrected chi connectivity index (χ2v) is 10.6. The van der Waals surface area contributed by atoms with Crippen molar-refractivity contribution in [1.82, 2.24) is 19.6 Å². The molecule has 3 heterocycles. The summed E-state index contributed by atoms with van der Waals surface area (Å²) in [5.41, 5.74) is 4.10. The first-order valence-electron chi connectivity index (χ1n) is 12.7. The Bertz CT molecular complexity index is 1050. The van der Waals surface area contributed by atoms with Gasteiger partial charge in [0, 0.05) is 37.4 Å². The third kappa shape index (κ3) is 4.38. The van der Waals surface area contributed by atoms with Crippen LogP contribution in [0.1, 0.15) is 67.3 Å². The van der Waals surface area contributed by atoms with Gasteiger partial charge in [0.25, 0.3) is 5.91 Å². The predicted octanol–water partition coefficient (Wildman–Crippen LogP) is 3.20. The van der Waals surface area contributed by atoms with Crippen LogP contribution >= 0.6 is 0 Å². The van der Waals surface area contributed by atoms with Crippen LogP contribution < -0.4 is 0 Å². The van der Waals surface area contributed by atoms with Gasteiger partial charge >= 0.3 is 0 Å². The predicted molar refractivity (Wildman–Crippen MR) is 130 cm³/mol. The van der Waals surface area contributed by atoms with Gasteiger partial charge in [-0.1, -0.05) is 37.3 Å². The fourth-order valence-corrected chi connectivity index (χ4v) is 5.91. The molecule has 2 aromatic rings. The summed E-state index contributed by atoms with van der Waals surface area (Å²) in [4.78, 5) is 30.4. The number of fused-ring (bicyclic) bond motifs is 1. The van der Waals surface area contributed by atoms with Gasteiger partial charge in [0.2, 0.25) is 5.91 Å². The Hall–Kier alpha value is -2.67. The highest BCUT2D eigenvalue weighted by molar-refractivity contribution is 5.94. The molecule has 1 aliphatic carbocycles. The summed E-state index contributed by atoms with van der Waals surface area (Å²) >= 11 is 0. The number of nitrogens with zero attached hydrogens (tertiary/aromatic N) is 4. The SMILES string of the molecule is C[C@@H]1CN(C(=O)c2nn(CC(=O)N3CCC(C)(c4ccccc4)CC3)c3c2CCC3)C[C@H](C)O1. The molecule has 0 radical (unpaired) electrons. The number of carbonyl (C=O) groups is 2. The monoisotopic (exact) mass is 464 g/mol. The largest absolute Gasteiger partial charge is 0.372 e. The zero-order valence-corrected chi connectivity index (χ0v) is 20.6. The van der Waals surface area contributed by atoms with Crippen LogP contribution in [0, 0.1) is 0 Å². The third-order valence-corrected chi connectivity index (χ3v) is 7.89. The van der Waals surface area contributed by atoms with Crippen LogP contribution in [-0.2, 0) is 34.3 Å². The van der Waals surface area contributed by atoms with Gasteiger partial charge in [0.1, 0.15) is 6.54 Å². The summed E-state index contributed by atoms with van der Waals surface area (Å²) in [6, 6.07) is 10.6. The molecule has 2 atom stereocenters. The highest BCUT2D eigenvalue weighted by Gasteiger charge is 2.35. The van der Waals surface area contributed by atoms with Gasteiger partial charge in [-0.3, -0.25) is 14.3 Å². The first kappa shape index (κ1) is 23.1. The van der Waals surface area contributed by atoms with Crippen molar-refractivity contribution >= 4 is 11.8 Å². The molecule has 0 bridgehead atoms. The van der Waals surface area contributed by atoms with Crippen molar-refractivity contribution in [3.8, 4) is 0 Å². The molecule has 0 saturated carbocycles. The quantitative estimate of drug-likeness (QED) is 0.697. The van der Waals surface area contributed by atoms with E-state index in [2.05, 4.69) is 31.2 Å². The summed E-state index contributed by atoms with van der Waals surface area (Å²) in [6.45, 7) is 9.18. The molecule has 1 aromatic carbocycles. The average molecular weight is 465 g/mol. The van der Waals surface area contributed by atoms with Crippen molar-refractivity contribution in [1.29, 1.82) is 0 Å². The van der Waals surface area contributed by atoms with Gasteiger partial charge in [-0.2, -0.15) is 5.10 Å². The summed E-state index contributed by atoms with van der Waals surface area (Å²) in [5.74, 6) is 0.0721. The molecule has 0 spiro atoms. The summed E-state index contributed by atoms with van der Waals surface area (Å²) in [7, 11) is 0. The minimum atomic E-state index is -0.0250. The molecule has 0 N–H and O–H groups in total. The third-order valence-electron chi connectivity index (χ3n) is 7.89. The highest BCUT2D eigenvalue weighted by atomic mass is 16.5. The standard InChI is InChI=1S/C27H36N4O3/c1-19-16-30(17-20(2)34-19)26(33)25-22-10-7-11-23(22)31(28-25)18-24(32)29-14-12-27(3,13-15-29)21-8-5-4-6-9-21/h4-6,8-9,19-20H,7,10-18H2,1-3H3/t19-,20+. The molecule has 2 aliphatic heterocycles. The fourth-order valence-electron chi connectivity index (χ4n) is 5.91. The second kappa shape index (κ2) is 9.17. The molecular formula is C27H36N4O3. The number of rotatable bonds is 4.